The van der Waals surface area contributed by atoms with Crippen LogP contribution in [0.4, 0.5) is 0 Å². The van der Waals surface area contributed by atoms with E-state index < -0.39 is 0 Å². The molecule has 1 rings (SSSR count). The van der Waals surface area contributed by atoms with E-state index in [2.05, 4.69) is 50.2 Å². The summed E-state index contributed by atoms with van der Waals surface area (Å²) in [7, 11) is 0. The lowest BCUT2D eigenvalue weighted by Crippen LogP contribution is -2.46. The standard InChI is InChI=1S/C13H27N3O/c1-10(2)16-7-6-11(9-16)15-12(17)8-14-13(3,4)5/h10-11,14H,6-9H2,1-5H3,(H,15,17)/t11-/m0/s1. The first-order chi connectivity index (χ1) is 7.78. The first-order valence-electron chi connectivity index (χ1n) is 6.56. The first-order valence-corrected chi connectivity index (χ1v) is 6.56. The molecule has 0 aromatic carbocycles. The zero-order chi connectivity index (χ0) is 13.1. The van der Waals surface area contributed by atoms with Crippen LogP contribution in [0.5, 0.6) is 0 Å². The quantitative estimate of drug-likeness (QED) is 0.771. The molecule has 4 heteroatoms. The Morgan fingerprint density at radius 3 is 2.53 bits per heavy atom. The molecule has 1 heterocycles. The van der Waals surface area contributed by atoms with E-state index in [1.807, 2.05) is 0 Å². The van der Waals surface area contributed by atoms with Crippen LogP contribution in [-0.2, 0) is 4.79 Å². The van der Waals surface area contributed by atoms with E-state index in [1.165, 1.54) is 0 Å². The molecular weight excluding hydrogens is 214 g/mol. The van der Waals surface area contributed by atoms with E-state index in [4.69, 9.17) is 0 Å². The van der Waals surface area contributed by atoms with Crippen LogP contribution in [-0.4, -0.2) is 48.1 Å². The van der Waals surface area contributed by atoms with E-state index in [0.717, 1.165) is 19.5 Å². The summed E-state index contributed by atoms with van der Waals surface area (Å²) in [5, 5.41) is 6.30. The van der Waals surface area contributed by atoms with Crippen molar-refractivity contribution in [3.8, 4) is 0 Å². The maximum Gasteiger partial charge on any atom is 0.234 e. The monoisotopic (exact) mass is 241 g/mol. The van der Waals surface area contributed by atoms with Gasteiger partial charge in [0.2, 0.25) is 5.91 Å². The third-order valence-corrected chi connectivity index (χ3v) is 3.09. The average Bonchev–Trinajstić information content (AvgIpc) is 2.62. The molecule has 1 aliphatic heterocycles. The van der Waals surface area contributed by atoms with Crippen molar-refractivity contribution in [1.29, 1.82) is 0 Å². The third-order valence-electron chi connectivity index (χ3n) is 3.09. The van der Waals surface area contributed by atoms with Crippen LogP contribution in [0.3, 0.4) is 0 Å². The van der Waals surface area contributed by atoms with E-state index in [0.29, 0.717) is 18.6 Å². The molecule has 0 saturated carbocycles. The van der Waals surface area contributed by atoms with Crippen molar-refractivity contribution in [3.63, 3.8) is 0 Å². The van der Waals surface area contributed by atoms with Gasteiger partial charge in [0, 0.05) is 30.7 Å². The van der Waals surface area contributed by atoms with Crippen LogP contribution >= 0.6 is 0 Å². The molecule has 4 nitrogen and oxygen atoms in total. The van der Waals surface area contributed by atoms with Crippen LogP contribution in [0.25, 0.3) is 0 Å². The molecule has 1 saturated heterocycles. The third kappa shape index (κ3) is 5.50. The van der Waals surface area contributed by atoms with Crippen molar-refractivity contribution in [2.75, 3.05) is 19.6 Å². The SMILES string of the molecule is CC(C)N1CC[C@H](NC(=O)CNC(C)(C)C)C1. The molecule has 17 heavy (non-hydrogen) atoms. The second-order valence-corrected chi connectivity index (χ2v) is 6.25. The summed E-state index contributed by atoms with van der Waals surface area (Å²) in [6, 6.07) is 0.899. The highest BCUT2D eigenvalue weighted by atomic mass is 16.2. The summed E-state index contributed by atoms with van der Waals surface area (Å²) in [6.45, 7) is 13.1. The minimum absolute atomic E-state index is 0.00299. The molecule has 0 aromatic heterocycles. The average molecular weight is 241 g/mol. The predicted octanol–water partition coefficient (Wildman–Crippen LogP) is 0.973. The number of nitrogens with one attached hydrogen (secondary N) is 2. The highest BCUT2D eigenvalue weighted by Gasteiger charge is 2.25. The minimum atomic E-state index is -0.00299. The van der Waals surface area contributed by atoms with Gasteiger partial charge in [0.1, 0.15) is 0 Å². The number of hydrogen-bond donors (Lipinski definition) is 2. The Morgan fingerprint density at radius 2 is 2.06 bits per heavy atom. The van der Waals surface area contributed by atoms with Crippen molar-refractivity contribution >= 4 is 5.91 Å². The fourth-order valence-electron chi connectivity index (χ4n) is 2.00. The number of likely N-dealkylation sites (tertiary alicyclic amines) is 1. The fourth-order valence-corrected chi connectivity index (χ4v) is 2.00. The Hall–Kier alpha value is -0.610. The molecule has 1 fully saturated rings. The van der Waals surface area contributed by atoms with Gasteiger partial charge in [0.15, 0.2) is 0 Å². The molecule has 0 unspecified atom stereocenters. The lowest BCUT2D eigenvalue weighted by Gasteiger charge is -2.22. The topological polar surface area (TPSA) is 44.4 Å². The second kappa shape index (κ2) is 5.83. The largest absolute Gasteiger partial charge is 0.351 e. The summed E-state index contributed by atoms with van der Waals surface area (Å²) in [5.41, 5.74) is -0.00299. The summed E-state index contributed by atoms with van der Waals surface area (Å²) in [4.78, 5) is 14.1. The molecule has 1 aliphatic rings. The van der Waals surface area contributed by atoms with Gasteiger partial charge in [-0.1, -0.05) is 0 Å². The number of rotatable bonds is 4. The van der Waals surface area contributed by atoms with E-state index in [9.17, 15) is 4.79 Å². The van der Waals surface area contributed by atoms with Crippen LogP contribution in [0.1, 0.15) is 41.0 Å². The Balaban J connectivity index is 2.24. The molecule has 100 valence electrons. The summed E-state index contributed by atoms with van der Waals surface area (Å²) >= 11 is 0. The number of nitrogens with zero attached hydrogens (tertiary/aromatic N) is 1. The number of hydrogen-bond acceptors (Lipinski definition) is 3. The summed E-state index contributed by atoms with van der Waals surface area (Å²) < 4.78 is 0. The van der Waals surface area contributed by atoms with Gasteiger partial charge < -0.3 is 10.6 Å². The normalized spacial score (nSPS) is 22.1. The molecule has 1 atom stereocenters. The maximum atomic E-state index is 11.7. The van der Waals surface area contributed by atoms with E-state index in [1.54, 1.807) is 0 Å². The van der Waals surface area contributed by atoms with Crippen molar-refractivity contribution < 1.29 is 4.79 Å². The molecule has 1 amide bonds. The van der Waals surface area contributed by atoms with Crippen LogP contribution in [0, 0.1) is 0 Å². The van der Waals surface area contributed by atoms with Crippen molar-refractivity contribution in [2.45, 2.75) is 58.7 Å². The van der Waals surface area contributed by atoms with Gasteiger partial charge >= 0.3 is 0 Å². The minimum Gasteiger partial charge on any atom is -0.351 e. The fraction of sp³-hybridized carbons (Fsp3) is 0.923. The highest BCUT2D eigenvalue weighted by Crippen LogP contribution is 2.12. The van der Waals surface area contributed by atoms with Gasteiger partial charge in [-0.25, -0.2) is 0 Å². The Morgan fingerprint density at radius 1 is 1.41 bits per heavy atom. The highest BCUT2D eigenvalue weighted by molar-refractivity contribution is 5.78. The molecule has 0 aromatic rings. The van der Waals surface area contributed by atoms with Crippen molar-refractivity contribution in [3.05, 3.63) is 0 Å². The number of carbonyl (C=O) groups excluding carboxylic acids is 1. The molecule has 0 radical (unpaired) electrons. The van der Waals surface area contributed by atoms with Gasteiger partial charge in [-0.05, 0) is 41.0 Å². The predicted molar refractivity (Wildman–Crippen MR) is 71.0 cm³/mol. The molecule has 0 bridgehead atoms. The van der Waals surface area contributed by atoms with E-state index >= 15 is 0 Å². The van der Waals surface area contributed by atoms with Crippen LogP contribution in [0.15, 0.2) is 0 Å². The lowest BCUT2D eigenvalue weighted by atomic mass is 10.1. The van der Waals surface area contributed by atoms with Gasteiger partial charge in [-0.2, -0.15) is 0 Å². The lowest BCUT2D eigenvalue weighted by molar-refractivity contribution is -0.121. The maximum absolute atomic E-state index is 11.7. The van der Waals surface area contributed by atoms with E-state index in [-0.39, 0.29) is 11.4 Å². The number of amides is 1. The van der Waals surface area contributed by atoms with Gasteiger partial charge in [-0.15, -0.1) is 0 Å². The Bertz CT molecular complexity index is 258. The van der Waals surface area contributed by atoms with Gasteiger partial charge in [-0.3, -0.25) is 9.69 Å². The van der Waals surface area contributed by atoms with Gasteiger partial charge in [0.25, 0.3) is 0 Å². The summed E-state index contributed by atoms with van der Waals surface area (Å²) in [6.07, 6.45) is 1.07. The van der Waals surface area contributed by atoms with Crippen LogP contribution < -0.4 is 10.6 Å². The second-order valence-electron chi connectivity index (χ2n) is 6.25. The first kappa shape index (κ1) is 14.5. The summed E-state index contributed by atoms with van der Waals surface area (Å²) in [5.74, 6) is 0.107. The van der Waals surface area contributed by atoms with Crippen molar-refractivity contribution in [2.24, 2.45) is 0 Å². The Kier molecular flexibility index (Phi) is 4.95. The number of carbonyl (C=O) groups is 1. The molecular formula is C13H27N3O. The zero-order valence-corrected chi connectivity index (χ0v) is 11.8. The van der Waals surface area contributed by atoms with Gasteiger partial charge in [0.05, 0.1) is 6.54 Å². The molecule has 2 N–H and O–H groups in total. The Labute approximate surface area is 105 Å². The van der Waals surface area contributed by atoms with Crippen molar-refractivity contribution in [1.82, 2.24) is 15.5 Å². The molecule has 0 spiro atoms. The molecule has 0 aliphatic carbocycles. The van der Waals surface area contributed by atoms with Crippen LogP contribution in [0.2, 0.25) is 0 Å². The smallest absolute Gasteiger partial charge is 0.234 e. The zero-order valence-electron chi connectivity index (χ0n) is 11.8.